The van der Waals surface area contributed by atoms with E-state index >= 15 is 0 Å². The van der Waals surface area contributed by atoms with Crippen LogP contribution in [0.3, 0.4) is 0 Å². The molecule has 0 aliphatic rings. The van der Waals surface area contributed by atoms with Crippen LogP contribution >= 0.6 is 0 Å². The molecule has 9 heteroatoms. The standard InChI is InChI=1S/C29H34N6O3/c1-33(2)23-12-6-20(7-13-23)26(21-8-14-24(15-9-21)34(3)4)22-10-16-25(17-11-22)35(5)18-19-38-29-31-27(36)30-28(37)32-29/h6-17,26H,18-19H2,1-5H3,(H2,30,31,32,36,37). The van der Waals surface area contributed by atoms with E-state index in [9.17, 15) is 9.59 Å². The van der Waals surface area contributed by atoms with Crippen LogP contribution in [0.15, 0.2) is 82.4 Å². The van der Waals surface area contributed by atoms with Crippen LogP contribution in [0.4, 0.5) is 17.1 Å². The van der Waals surface area contributed by atoms with Crippen LogP contribution < -0.4 is 30.8 Å². The van der Waals surface area contributed by atoms with Gasteiger partial charge in [-0.25, -0.2) is 9.59 Å². The lowest BCUT2D eigenvalue weighted by atomic mass is 9.85. The van der Waals surface area contributed by atoms with Gasteiger partial charge in [0, 0.05) is 58.2 Å². The summed E-state index contributed by atoms with van der Waals surface area (Å²) in [5, 5.41) is 0. The quantitative estimate of drug-likeness (QED) is 0.314. The Morgan fingerprint density at radius 2 is 1.13 bits per heavy atom. The largest absolute Gasteiger partial charge is 0.463 e. The molecule has 0 aliphatic carbocycles. The van der Waals surface area contributed by atoms with Crippen molar-refractivity contribution in [3.05, 3.63) is 110 Å². The topological polar surface area (TPSA) is 97.6 Å². The first-order chi connectivity index (χ1) is 18.2. The molecule has 3 aromatic carbocycles. The van der Waals surface area contributed by atoms with Crippen molar-refractivity contribution in [3.8, 4) is 6.01 Å². The molecule has 0 bridgehead atoms. The number of H-pyrrole nitrogens is 2. The number of nitrogens with one attached hydrogen (secondary N) is 2. The summed E-state index contributed by atoms with van der Waals surface area (Å²) in [6.45, 7) is 0.793. The molecule has 4 aromatic rings. The van der Waals surface area contributed by atoms with Crippen molar-refractivity contribution in [3.63, 3.8) is 0 Å². The van der Waals surface area contributed by atoms with Gasteiger partial charge in [0.25, 0.3) is 0 Å². The average Bonchev–Trinajstić information content (AvgIpc) is 2.89. The van der Waals surface area contributed by atoms with Gasteiger partial charge in [-0.05, 0) is 53.1 Å². The van der Waals surface area contributed by atoms with Crippen LogP contribution in [0, 0.1) is 0 Å². The van der Waals surface area contributed by atoms with Crippen molar-refractivity contribution in [2.24, 2.45) is 0 Å². The fraction of sp³-hybridized carbons (Fsp3) is 0.276. The minimum absolute atomic E-state index is 0.0872. The van der Waals surface area contributed by atoms with Crippen LogP contribution in [0.1, 0.15) is 22.6 Å². The number of anilines is 3. The van der Waals surface area contributed by atoms with Crippen molar-refractivity contribution in [2.75, 3.05) is 63.1 Å². The molecule has 0 saturated heterocycles. The molecular formula is C29H34N6O3. The average molecular weight is 515 g/mol. The van der Waals surface area contributed by atoms with Crippen LogP contribution in [-0.4, -0.2) is 63.3 Å². The molecule has 0 fully saturated rings. The van der Waals surface area contributed by atoms with Crippen molar-refractivity contribution < 1.29 is 4.74 Å². The highest BCUT2D eigenvalue weighted by atomic mass is 16.5. The van der Waals surface area contributed by atoms with Crippen molar-refractivity contribution in [1.29, 1.82) is 0 Å². The number of benzene rings is 3. The van der Waals surface area contributed by atoms with Gasteiger partial charge < -0.3 is 19.4 Å². The van der Waals surface area contributed by atoms with Gasteiger partial charge in [0.2, 0.25) is 0 Å². The van der Waals surface area contributed by atoms with E-state index in [-0.39, 0.29) is 18.5 Å². The molecule has 0 unspecified atom stereocenters. The minimum Gasteiger partial charge on any atom is -0.463 e. The van der Waals surface area contributed by atoms with E-state index < -0.39 is 11.4 Å². The van der Waals surface area contributed by atoms with Crippen molar-refractivity contribution in [1.82, 2.24) is 15.0 Å². The monoisotopic (exact) mass is 514 g/mol. The molecule has 2 N–H and O–H groups in total. The lowest BCUT2D eigenvalue weighted by Gasteiger charge is -2.23. The fourth-order valence-electron chi connectivity index (χ4n) is 4.28. The second-order valence-corrected chi connectivity index (χ2v) is 9.57. The number of rotatable bonds is 10. The summed E-state index contributed by atoms with van der Waals surface area (Å²) in [6, 6.07) is 25.8. The van der Waals surface area contributed by atoms with Gasteiger partial charge in [-0.1, -0.05) is 36.4 Å². The molecule has 1 heterocycles. The summed E-state index contributed by atoms with van der Waals surface area (Å²) in [4.78, 5) is 36.9. The third-order valence-corrected chi connectivity index (χ3v) is 6.46. The number of hydrogen-bond donors (Lipinski definition) is 2. The Hall–Kier alpha value is -4.53. The zero-order chi connectivity index (χ0) is 27.2. The zero-order valence-electron chi connectivity index (χ0n) is 22.4. The predicted molar refractivity (Wildman–Crippen MR) is 153 cm³/mol. The first kappa shape index (κ1) is 26.5. The Kier molecular flexibility index (Phi) is 8.15. The van der Waals surface area contributed by atoms with Crippen molar-refractivity contribution >= 4 is 17.1 Å². The maximum Gasteiger partial charge on any atom is 0.353 e. The summed E-state index contributed by atoms with van der Waals surface area (Å²) < 4.78 is 5.46. The van der Waals surface area contributed by atoms with E-state index in [2.05, 4.69) is 92.6 Å². The highest BCUT2D eigenvalue weighted by Crippen LogP contribution is 2.34. The molecule has 9 nitrogen and oxygen atoms in total. The maximum atomic E-state index is 11.4. The van der Waals surface area contributed by atoms with Crippen LogP contribution in [0.2, 0.25) is 0 Å². The van der Waals surface area contributed by atoms with E-state index in [0.717, 1.165) is 17.1 Å². The number of nitrogens with zero attached hydrogens (tertiary/aromatic N) is 4. The van der Waals surface area contributed by atoms with Gasteiger partial charge in [-0.15, -0.1) is 4.98 Å². The Balaban J connectivity index is 1.53. The molecular weight excluding hydrogens is 480 g/mol. The van der Waals surface area contributed by atoms with Gasteiger partial charge in [0.05, 0.1) is 6.54 Å². The van der Waals surface area contributed by atoms with Gasteiger partial charge in [0.1, 0.15) is 6.61 Å². The number of aromatic nitrogens is 3. The van der Waals surface area contributed by atoms with Gasteiger partial charge in [-0.2, -0.15) is 0 Å². The van der Waals surface area contributed by atoms with Gasteiger partial charge >= 0.3 is 17.4 Å². The van der Waals surface area contributed by atoms with Crippen LogP contribution in [0.25, 0.3) is 0 Å². The highest BCUT2D eigenvalue weighted by molar-refractivity contribution is 5.55. The number of aromatic amines is 2. The van der Waals surface area contributed by atoms with E-state index in [1.807, 2.05) is 45.1 Å². The summed E-state index contributed by atoms with van der Waals surface area (Å²) in [5.74, 6) is 0.0872. The summed E-state index contributed by atoms with van der Waals surface area (Å²) >= 11 is 0. The summed E-state index contributed by atoms with van der Waals surface area (Å²) in [5.41, 5.74) is 5.60. The van der Waals surface area contributed by atoms with E-state index in [1.54, 1.807) is 0 Å². The fourth-order valence-corrected chi connectivity index (χ4v) is 4.28. The number of ether oxygens (including phenoxy) is 1. The Morgan fingerprint density at radius 1 is 0.684 bits per heavy atom. The summed E-state index contributed by atoms with van der Waals surface area (Å²) in [7, 11) is 10.1. The van der Waals surface area contributed by atoms with Crippen LogP contribution in [-0.2, 0) is 0 Å². The first-order valence-corrected chi connectivity index (χ1v) is 12.4. The predicted octanol–water partition coefficient (Wildman–Crippen LogP) is 3.29. The van der Waals surface area contributed by atoms with Gasteiger partial charge in [-0.3, -0.25) is 9.97 Å². The molecule has 38 heavy (non-hydrogen) atoms. The third kappa shape index (κ3) is 6.42. The molecule has 0 saturated carbocycles. The molecule has 0 aliphatic heterocycles. The normalized spacial score (nSPS) is 10.9. The molecule has 0 spiro atoms. The SMILES string of the molecule is CN(C)c1ccc(C(c2ccc(N(C)C)cc2)c2ccc(N(C)CCOc3nc(=O)[nH]c(=O)[nH]3)cc2)cc1. The molecule has 4 rings (SSSR count). The summed E-state index contributed by atoms with van der Waals surface area (Å²) in [6.07, 6.45) is 0. The minimum atomic E-state index is -0.741. The van der Waals surface area contributed by atoms with E-state index in [1.165, 1.54) is 16.7 Å². The smallest absolute Gasteiger partial charge is 0.353 e. The molecule has 198 valence electrons. The van der Waals surface area contributed by atoms with Gasteiger partial charge in [0.15, 0.2) is 0 Å². The van der Waals surface area contributed by atoms with E-state index in [0.29, 0.717) is 6.54 Å². The number of hydrogen-bond acceptors (Lipinski definition) is 7. The lowest BCUT2D eigenvalue weighted by molar-refractivity contribution is 0.296. The molecule has 0 atom stereocenters. The molecule has 0 radical (unpaired) electrons. The highest BCUT2D eigenvalue weighted by Gasteiger charge is 2.18. The zero-order valence-corrected chi connectivity index (χ0v) is 22.4. The molecule has 1 aromatic heterocycles. The Bertz CT molecular complexity index is 1360. The van der Waals surface area contributed by atoms with Crippen molar-refractivity contribution in [2.45, 2.75) is 5.92 Å². The van der Waals surface area contributed by atoms with E-state index in [4.69, 9.17) is 4.74 Å². The van der Waals surface area contributed by atoms with Crippen LogP contribution in [0.5, 0.6) is 6.01 Å². The second-order valence-electron chi connectivity index (χ2n) is 9.57. The molecule has 0 amide bonds. The second kappa shape index (κ2) is 11.7. The maximum absolute atomic E-state index is 11.4. The Morgan fingerprint density at radius 3 is 1.55 bits per heavy atom. The lowest BCUT2D eigenvalue weighted by Crippen LogP contribution is -2.28. The number of likely N-dealkylation sites (N-methyl/N-ethyl adjacent to an activating group) is 1. The third-order valence-electron chi connectivity index (χ3n) is 6.46. The first-order valence-electron chi connectivity index (χ1n) is 12.4. The Labute approximate surface area is 222 Å².